The van der Waals surface area contributed by atoms with Crippen LogP contribution in [0.5, 0.6) is 0 Å². The van der Waals surface area contributed by atoms with Gasteiger partial charge < -0.3 is 11.1 Å². The monoisotopic (exact) mass is 281 g/mol. The van der Waals surface area contributed by atoms with Crippen molar-refractivity contribution in [3.63, 3.8) is 0 Å². The fourth-order valence-electron chi connectivity index (χ4n) is 2.19. The zero-order valence-corrected chi connectivity index (χ0v) is 11.8. The van der Waals surface area contributed by atoms with Crippen LogP contribution < -0.4 is 11.1 Å². The Kier molecular flexibility index (Phi) is 4.98. The van der Waals surface area contributed by atoms with Crippen LogP contribution in [-0.2, 0) is 4.79 Å². The highest BCUT2D eigenvalue weighted by molar-refractivity contribution is 7.98. The minimum Gasteiger partial charge on any atom is -0.369 e. The summed E-state index contributed by atoms with van der Waals surface area (Å²) < 4.78 is 0. The second kappa shape index (κ2) is 6.72. The second-order valence-electron chi connectivity index (χ2n) is 4.61. The van der Waals surface area contributed by atoms with Gasteiger partial charge in [0.15, 0.2) is 0 Å². The molecule has 1 amide bonds. The minimum absolute atomic E-state index is 0.258. The van der Waals surface area contributed by atoms with Gasteiger partial charge in [-0.1, -0.05) is 0 Å². The van der Waals surface area contributed by atoms with Gasteiger partial charge in [-0.3, -0.25) is 9.69 Å². The molecule has 104 valence electrons. The lowest BCUT2D eigenvalue weighted by Crippen LogP contribution is -2.43. The van der Waals surface area contributed by atoms with E-state index in [1.54, 1.807) is 18.1 Å². The number of rotatable bonds is 5. The van der Waals surface area contributed by atoms with Gasteiger partial charge >= 0.3 is 0 Å². The number of amides is 1. The number of anilines is 1. The first-order valence-corrected chi connectivity index (χ1v) is 7.53. The standard InChI is InChI=1S/C12H19N5OS/c1-19-12-6-11(14-8-15-12)16-9-2-4-17(5-3-9)7-10(13)18/h6,8-9H,2-5,7H2,1H3,(H2,13,18)(H,14,15,16). The smallest absolute Gasteiger partial charge is 0.231 e. The Morgan fingerprint density at radius 2 is 2.26 bits per heavy atom. The van der Waals surface area contributed by atoms with Gasteiger partial charge in [-0.05, 0) is 19.1 Å². The summed E-state index contributed by atoms with van der Waals surface area (Å²) in [6.07, 6.45) is 5.56. The highest BCUT2D eigenvalue weighted by atomic mass is 32.2. The van der Waals surface area contributed by atoms with Crippen molar-refractivity contribution < 1.29 is 4.79 Å². The van der Waals surface area contributed by atoms with E-state index in [0.29, 0.717) is 12.6 Å². The molecule has 0 saturated carbocycles. The van der Waals surface area contributed by atoms with Crippen LogP contribution >= 0.6 is 11.8 Å². The van der Waals surface area contributed by atoms with Gasteiger partial charge in [-0.25, -0.2) is 9.97 Å². The lowest BCUT2D eigenvalue weighted by molar-refractivity contribution is -0.119. The third kappa shape index (κ3) is 4.36. The number of piperidine rings is 1. The van der Waals surface area contributed by atoms with Crippen molar-refractivity contribution in [3.8, 4) is 0 Å². The SMILES string of the molecule is CSc1cc(NC2CCN(CC(N)=O)CC2)ncn1. The second-order valence-corrected chi connectivity index (χ2v) is 5.43. The average Bonchev–Trinajstić information content (AvgIpc) is 2.41. The number of nitrogens with zero attached hydrogens (tertiary/aromatic N) is 3. The van der Waals surface area contributed by atoms with Crippen LogP contribution in [0.4, 0.5) is 5.82 Å². The number of carbonyl (C=O) groups is 1. The molecular weight excluding hydrogens is 262 g/mol. The van der Waals surface area contributed by atoms with E-state index in [9.17, 15) is 4.79 Å². The number of primary amides is 1. The molecule has 1 aromatic heterocycles. The van der Waals surface area contributed by atoms with Crippen LogP contribution in [0.25, 0.3) is 0 Å². The van der Waals surface area contributed by atoms with Gasteiger partial charge in [0.2, 0.25) is 5.91 Å². The van der Waals surface area contributed by atoms with Gasteiger partial charge in [-0.15, -0.1) is 11.8 Å². The fraction of sp³-hybridized carbons (Fsp3) is 0.583. The Morgan fingerprint density at radius 1 is 1.53 bits per heavy atom. The number of likely N-dealkylation sites (tertiary alicyclic amines) is 1. The lowest BCUT2D eigenvalue weighted by atomic mass is 10.1. The molecule has 1 aliphatic heterocycles. The van der Waals surface area contributed by atoms with Crippen LogP contribution in [0.15, 0.2) is 17.4 Å². The zero-order valence-electron chi connectivity index (χ0n) is 11.0. The van der Waals surface area contributed by atoms with Crippen molar-refractivity contribution >= 4 is 23.5 Å². The van der Waals surface area contributed by atoms with Crippen LogP contribution in [0, 0.1) is 0 Å². The van der Waals surface area contributed by atoms with Crippen molar-refractivity contribution in [2.75, 3.05) is 31.2 Å². The molecule has 0 unspecified atom stereocenters. The van der Waals surface area contributed by atoms with E-state index < -0.39 is 0 Å². The molecular formula is C12H19N5OS. The highest BCUT2D eigenvalue weighted by Gasteiger charge is 2.20. The molecule has 1 saturated heterocycles. The predicted octanol–water partition coefficient (Wildman–Crippen LogP) is 0.560. The maximum Gasteiger partial charge on any atom is 0.231 e. The Hall–Kier alpha value is -1.34. The van der Waals surface area contributed by atoms with Gasteiger partial charge in [0.25, 0.3) is 0 Å². The van der Waals surface area contributed by atoms with E-state index in [1.165, 1.54) is 0 Å². The van der Waals surface area contributed by atoms with Gasteiger partial charge in [0.1, 0.15) is 17.2 Å². The number of carbonyl (C=O) groups excluding carboxylic acids is 1. The molecule has 0 aromatic carbocycles. The molecule has 2 rings (SSSR count). The number of hydrogen-bond acceptors (Lipinski definition) is 6. The van der Waals surface area contributed by atoms with Crippen molar-refractivity contribution in [2.45, 2.75) is 23.9 Å². The third-order valence-electron chi connectivity index (χ3n) is 3.17. The molecule has 1 fully saturated rings. The number of nitrogens with two attached hydrogens (primary N) is 1. The van der Waals surface area contributed by atoms with Crippen molar-refractivity contribution in [2.24, 2.45) is 5.73 Å². The summed E-state index contributed by atoms with van der Waals surface area (Å²) in [6, 6.07) is 2.36. The van der Waals surface area contributed by atoms with Crippen LogP contribution in [0.2, 0.25) is 0 Å². The van der Waals surface area contributed by atoms with Crippen LogP contribution in [-0.4, -0.2) is 52.7 Å². The normalized spacial score (nSPS) is 17.3. The Labute approximate surface area is 117 Å². The molecule has 2 heterocycles. The van der Waals surface area contributed by atoms with Crippen molar-refractivity contribution in [1.29, 1.82) is 0 Å². The summed E-state index contributed by atoms with van der Waals surface area (Å²) in [7, 11) is 0. The van der Waals surface area contributed by atoms with Gasteiger partial charge in [-0.2, -0.15) is 0 Å². The summed E-state index contributed by atoms with van der Waals surface area (Å²) in [5.74, 6) is 0.611. The van der Waals surface area contributed by atoms with Crippen molar-refractivity contribution in [1.82, 2.24) is 14.9 Å². The quantitative estimate of drug-likeness (QED) is 0.606. The van der Waals surface area contributed by atoms with E-state index in [2.05, 4.69) is 20.2 Å². The van der Waals surface area contributed by atoms with Crippen molar-refractivity contribution in [3.05, 3.63) is 12.4 Å². The van der Waals surface area contributed by atoms with E-state index in [0.717, 1.165) is 36.8 Å². The maximum absolute atomic E-state index is 10.9. The first-order chi connectivity index (χ1) is 9.17. The molecule has 0 bridgehead atoms. The Balaban J connectivity index is 1.83. The topological polar surface area (TPSA) is 84.1 Å². The Morgan fingerprint density at radius 3 is 2.89 bits per heavy atom. The molecule has 6 nitrogen and oxygen atoms in total. The third-order valence-corrected chi connectivity index (χ3v) is 3.81. The van der Waals surface area contributed by atoms with Crippen LogP contribution in [0.1, 0.15) is 12.8 Å². The first kappa shape index (κ1) is 14.1. The lowest BCUT2D eigenvalue weighted by Gasteiger charge is -2.31. The molecule has 19 heavy (non-hydrogen) atoms. The highest BCUT2D eigenvalue weighted by Crippen LogP contribution is 2.18. The van der Waals surface area contributed by atoms with E-state index in [4.69, 9.17) is 5.73 Å². The average molecular weight is 281 g/mol. The maximum atomic E-state index is 10.9. The Bertz CT molecular complexity index is 434. The molecule has 7 heteroatoms. The number of hydrogen-bond donors (Lipinski definition) is 2. The summed E-state index contributed by atoms with van der Waals surface area (Å²) in [5.41, 5.74) is 5.20. The largest absolute Gasteiger partial charge is 0.369 e. The van der Waals surface area contributed by atoms with Crippen LogP contribution in [0.3, 0.4) is 0 Å². The van der Waals surface area contributed by atoms with E-state index in [1.807, 2.05) is 12.3 Å². The predicted molar refractivity (Wildman–Crippen MR) is 76.1 cm³/mol. The van der Waals surface area contributed by atoms with E-state index >= 15 is 0 Å². The number of thioether (sulfide) groups is 1. The fourth-order valence-corrected chi connectivity index (χ4v) is 2.58. The molecule has 1 aliphatic rings. The van der Waals surface area contributed by atoms with Gasteiger partial charge in [0.05, 0.1) is 6.54 Å². The molecule has 0 atom stereocenters. The number of nitrogens with one attached hydrogen (secondary N) is 1. The van der Waals surface area contributed by atoms with E-state index in [-0.39, 0.29) is 5.91 Å². The molecule has 3 N–H and O–H groups in total. The minimum atomic E-state index is -0.258. The molecule has 0 spiro atoms. The summed E-state index contributed by atoms with van der Waals surface area (Å²) in [4.78, 5) is 21.3. The summed E-state index contributed by atoms with van der Waals surface area (Å²) >= 11 is 1.60. The summed E-state index contributed by atoms with van der Waals surface area (Å²) in [6.45, 7) is 2.14. The van der Waals surface area contributed by atoms with Gasteiger partial charge in [0, 0.05) is 25.2 Å². The molecule has 0 aliphatic carbocycles. The molecule has 0 radical (unpaired) electrons. The number of aromatic nitrogens is 2. The molecule has 1 aromatic rings. The zero-order chi connectivity index (χ0) is 13.7. The first-order valence-electron chi connectivity index (χ1n) is 6.30. The summed E-state index contributed by atoms with van der Waals surface area (Å²) in [5, 5.41) is 4.38.